The number of amides is 3. The molecule has 0 saturated heterocycles. The molecule has 154 valence electrons. The topological polar surface area (TPSA) is 96.5 Å². The number of ether oxygens (including phenoxy) is 1. The van der Waals surface area contributed by atoms with E-state index in [9.17, 15) is 14.4 Å². The molecule has 0 atom stereocenters. The van der Waals surface area contributed by atoms with Crippen LogP contribution in [0.5, 0.6) is 5.75 Å². The van der Waals surface area contributed by atoms with Crippen molar-refractivity contribution in [3.05, 3.63) is 59.2 Å². The van der Waals surface area contributed by atoms with Crippen LogP contribution in [-0.4, -0.2) is 37.4 Å². The Balaban J connectivity index is 1.78. The van der Waals surface area contributed by atoms with Gasteiger partial charge in [-0.1, -0.05) is 13.0 Å². The van der Waals surface area contributed by atoms with Crippen molar-refractivity contribution in [1.82, 2.24) is 10.6 Å². The van der Waals surface area contributed by atoms with Gasteiger partial charge in [0.1, 0.15) is 5.75 Å². The molecule has 0 unspecified atom stereocenters. The molecule has 0 fully saturated rings. The van der Waals surface area contributed by atoms with Gasteiger partial charge in [0, 0.05) is 30.8 Å². The summed E-state index contributed by atoms with van der Waals surface area (Å²) >= 11 is 0. The SMILES string of the molecule is CCC(=O)NCCNC(=O)c1ccc(NC(=O)COc2cc(C)cc(C)c2)cc1. The molecule has 3 amide bonds. The summed E-state index contributed by atoms with van der Waals surface area (Å²) in [5.41, 5.74) is 3.19. The molecule has 0 saturated carbocycles. The van der Waals surface area contributed by atoms with Gasteiger partial charge in [-0.05, 0) is 61.4 Å². The first kappa shape index (κ1) is 21.9. The van der Waals surface area contributed by atoms with Crippen molar-refractivity contribution >= 4 is 23.4 Å². The lowest BCUT2D eigenvalue weighted by molar-refractivity contribution is -0.120. The van der Waals surface area contributed by atoms with E-state index >= 15 is 0 Å². The summed E-state index contributed by atoms with van der Waals surface area (Å²) in [5, 5.41) is 8.15. The molecule has 7 nitrogen and oxygen atoms in total. The normalized spacial score (nSPS) is 10.2. The van der Waals surface area contributed by atoms with Crippen molar-refractivity contribution in [2.45, 2.75) is 27.2 Å². The van der Waals surface area contributed by atoms with Gasteiger partial charge in [-0.15, -0.1) is 0 Å². The zero-order valence-corrected chi connectivity index (χ0v) is 17.0. The highest BCUT2D eigenvalue weighted by atomic mass is 16.5. The quantitative estimate of drug-likeness (QED) is 0.567. The van der Waals surface area contributed by atoms with Crippen LogP contribution in [0.3, 0.4) is 0 Å². The first-order valence-corrected chi connectivity index (χ1v) is 9.53. The molecule has 0 aliphatic carbocycles. The minimum Gasteiger partial charge on any atom is -0.484 e. The highest BCUT2D eigenvalue weighted by Crippen LogP contribution is 2.16. The lowest BCUT2D eigenvalue weighted by Crippen LogP contribution is -2.34. The van der Waals surface area contributed by atoms with Crippen LogP contribution in [0.2, 0.25) is 0 Å². The molecule has 0 aliphatic rings. The number of anilines is 1. The van der Waals surface area contributed by atoms with Crippen LogP contribution in [-0.2, 0) is 9.59 Å². The summed E-state index contributed by atoms with van der Waals surface area (Å²) in [5.74, 6) is 0.0699. The summed E-state index contributed by atoms with van der Waals surface area (Å²) in [6.45, 7) is 6.34. The molecule has 2 aromatic carbocycles. The van der Waals surface area contributed by atoms with Crippen molar-refractivity contribution in [2.75, 3.05) is 25.0 Å². The molecule has 3 N–H and O–H groups in total. The average Bonchev–Trinajstić information content (AvgIpc) is 2.69. The van der Waals surface area contributed by atoms with E-state index in [1.807, 2.05) is 32.0 Å². The largest absolute Gasteiger partial charge is 0.484 e. The standard InChI is InChI=1S/C22H27N3O4/c1-4-20(26)23-9-10-24-22(28)17-5-7-18(8-6-17)25-21(27)14-29-19-12-15(2)11-16(3)13-19/h5-8,11-13H,4,9-10,14H2,1-3H3,(H,23,26)(H,24,28)(H,25,27). The smallest absolute Gasteiger partial charge is 0.262 e. The first-order valence-electron chi connectivity index (χ1n) is 9.53. The third-order valence-corrected chi connectivity index (χ3v) is 4.05. The number of hydrogen-bond donors (Lipinski definition) is 3. The van der Waals surface area contributed by atoms with Crippen LogP contribution in [0, 0.1) is 13.8 Å². The Bertz CT molecular complexity index is 843. The fourth-order valence-electron chi connectivity index (χ4n) is 2.67. The molecule has 7 heteroatoms. The summed E-state index contributed by atoms with van der Waals surface area (Å²) in [6.07, 6.45) is 0.413. The third kappa shape index (κ3) is 7.65. The van der Waals surface area contributed by atoms with Gasteiger partial charge < -0.3 is 20.7 Å². The van der Waals surface area contributed by atoms with E-state index < -0.39 is 0 Å². The molecular formula is C22H27N3O4. The molecule has 0 aromatic heterocycles. The van der Waals surface area contributed by atoms with E-state index in [0.29, 0.717) is 36.5 Å². The van der Waals surface area contributed by atoms with Crippen LogP contribution in [0.15, 0.2) is 42.5 Å². The van der Waals surface area contributed by atoms with Crippen LogP contribution in [0.25, 0.3) is 0 Å². The maximum atomic E-state index is 12.1. The zero-order chi connectivity index (χ0) is 21.2. The number of rotatable bonds is 9. The van der Waals surface area contributed by atoms with Gasteiger partial charge in [-0.25, -0.2) is 0 Å². The number of hydrogen-bond acceptors (Lipinski definition) is 4. The van der Waals surface area contributed by atoms with Gasteiger partial charge in [0.25, 0.3) is 11.8 Å². The lowest BCUT2D eigenvalue weighted by Gasteiger charge is -2.10. The molecule has 2 rings (SSSR count). The Morgan fingerprint density at radius 3 is 2.10 bits per heavy atom. The van der Waals surface area contributed by atoms with Crippen LogP contribution in [0.4, 0.5) is 5.69 Å². The van der Waals surface area contributed by atoms with Crippen molar-refractivity contribution < 1.29 is 19.1 Å². The van der Waals surface area contributed by atoms with Crippen molar-refractivity contribution in [1.29, 1.82) is 0 Å². The predicted molar refractivity (Wildman–Crippen MR) is 112 cm³/mol. The lowest BCUT2D eigenvalue weighted by atomic mass is 10.1. The number of aryl methyl sites for hydroxylation is 2. The maximum Gasteiger partial charge on any atom is 0.262 e. The average molecular weight is 397 g/mol. The van der Waals surface area contributed by atoms with Crippen LogP contribution >= 0.6 is 0 Å². The first-order chi connectivity index (χ1) is 13.9. The van der Waals surface area contributed by atoms with Gasteiger partial charge in [0.2, 0.25) is 5.91 Å². The number of carbonyl (C=O) groups excluding carboxylic acids is 3. The van der Waals surface area contributed by atoms with E-state index in [-0.39, 0.29) is 24.3 Å². The molecule has 2 aromatic rings. The van der Waals surface area contributed by atoms with E-state index in [4.69, 9.17) is 4.74 Å². The number of carbonyl (C=O) groups is 3. The van der Waals surface area contributed by atoms with E-state index in [0.717, 1.165) is 11.1 Å². The second kappa shape index (κ2) is 10.8. The Morgan fingerprint density at radius 2 is 1.48 bits per heavy atom. The highest BCUT2D eigenvalue weighted by molar-refractivity contribution is 5.96. The summed E-state index contributed by atoms with van der Waals surface area (Å²) in [6, 6.07) is 12.3. The zero-order valence-electron chi connectivity index (χ0n) is 17.0. The van der Waals surface area contributed by atoms with Crippen molar-refractivity contribution in [2.24, 2.45) is 0 Å². The van der Waals surface area contributed by atoms with Crippen LogP contribution < -0.4 is 20.7 Å². The van der Waals surface area contributed by atoms with Gasteiger partial charge in [-0.2, -0.15) is 0 Å². The van der Waals surface area contributed by atoms with E-state index in [1.165, 1.54) is 0 Å². The Kier molecular flexibility index (Phi) is 8.21. The molecule has 0 bridgehead atoms. The third-order valence-electron chi connectivity index (χ3n) is 4.05. The van der Waals surface area contributed by atoms with E-state index in [1.54, 1.807) is 31.2 Å². The fourth-order valence-corrected chi connectivity index (χ4v) is 2.67. The Hall–Kier alpha value is -3.35. The predicted octanol–water partition coefficient (Wildman–Crippen LogP) is 2.58. The molecular weight excluding hydrogens is 370 g/mol. The van der Waals surface area contributed by atoms with Gasteiger partial charge in [0.05, 0.1) is 0 Å². The summed E-state index contributed by atoms with van der Waals surface area (Å²) < 4.78 is 5.54. The maximum absolute atomic E-state index is 12.1. The van der Waals surface area contributed by atoms with Gasteiger partial charge in [-0.3, -0.25) is 14.4 Å². The molecule has 0 aliphatic heterocycles. The van der Waals surface area contributed by atoms with E-state index in [2.05, 4.69) is 16.0 Å². The second-order valence-corrected chi connectivity index (χ2v) is 6.70. The van der Waals surface area contributed by atoms with Gasteiger partial charge in [0.15, 0.2) is 6.61 Å². The second-order valence-electron chi connectivity index (χ2n) is 6.70. The van der Waals surface area contributed by atoms with Crippen LogP contribution in [0.1, 0.15) is 34.8 Å². The Morgan fingerprint density at radius 1 is 0.862 bits per heavy atom. The number of benzene rings is 2. The molecule has 0 heterocycles. The highest BCUT2D eigenvalue weighted by Gasteiger charge is 2.08. The Labute approximate surface area is 170 Å². The molecule has 0 spiro atoms. The van der Waals surface area contributed by atoms with Gasteiger partial charge >= 0.3 is 0 Å². The van der Waals surface area contributed by atoms with Crippen molar-refractivity contribution in [3.63, 3.8) is 0 Å². The minimum atomic E-state index is -0.284. The monoisotopic (exact) mass is 397 g/mol. The molecule has 0 radical (unpaired) electrons. The minimum absolute atomic E-state index is 0.0548. The van der Waals surface area contributed by atoms with Crippen molar-refractivity contribution in [3.8, 4) is 5.75 Å². The molecule has 29 heavy (non-hydrogen) atoms. The summed E-state index contributed by atoms with van der Waals surface area (Å²) in [4.78, 5) is 35.3. The number of nitrogens with one attached hydrogen (secondary N) is 3. The summed E-state index contributed by atoms with van der Waals surface area (Å²) in [7, 11) is 0. The fraction of sp³-hybridized carbons (Fsp3) is 0.318.